The highest BCUT2D eigenvalue weighted by atomic mass is 35.5. The van der Waals surface area contributed by atoms with Gasteiger partial charge in [0.1, 0.15) is 5.75 Å². The maximum atomic E-state index is 12.6. The van der Waals surface area contributed by atoms with E-state index in [1.54, 1.807) is 24.3 Å². The van der Waals surface area contributed by atoms with Crippen molar-refractivity contribution >= 4 is 45.2 Å². The summed E-state index contributed by atoms with van der Waals surface area (Å²) in [5.41, 5.74) is 0.862. The van der Waals surface area contributed by atoms with Crippen LogP contribution in [0.2, 0.25) is 5.02 Å². The second kappa shape index (κ2) is 8.56. The Morgan fingerprint density at radius 1 is 1.20 bits per heavy atom. The van der Waals surface area contributed by atoms with Gasteiger partial charge in [-0.1, -0.05) is 35.0 Å². The van der Waals surface area contributed by atoms with Crippen LogP contribution in [0.5, 0.6) is 5.75 Å². The van der Waals surface area contributed by atoms with Gasteiger partial charge in [0.15, 0.2) is 5.69 Å². The Morgan fingerprint density at radius 2 is 1.90 bits per heavy atom. The lowest BCUT2D eigenvalue weighted by atomic mass is 10.2. The first-order chi connectivity index (χ1) is 14.2. The molecule has 156 valence electrons. The van der Waals surface area contributed by atoms with E-state index in [1.807, 2.05) is 0 Å². The van der Waals surface area contributed by atoms with Gasteiger partial charge in [-0.25, -0.2) is 8.42 Å². The van der Waals surface area contributed by atoms with Gasteiger partial charge in [-0.3, -0.25) is 14.8 Å². The number of halogens is 1. The molecule has 0 aliphatic rings. The summed E-state index contributed by atoms with van der Waals surface area (Å²) in [5.74, 6) is 0.435. The number of ether oxygens (including phenoxy) is 1. The number of aromatic nitrogens is 1. The molecule has 0 aliphatic heterocycles. The quantitative estimate of drug-likeness (QED) is 0.415. The second-order valence-corrected chi connectivity index (χ2v) is 8.18. The van der Waals surface area contributed by atoms with Crippen LogP contribution in [0.3, 0.4) is 0 Å². The van der Waals surface area contributed by atoms with Gasteiger partial charge in [0.25, 0.3) is 10.0 Å². The number of nitro groups is 1. The van der Waals surface area contributed by atoms with Crippen LogP contribution in [0.25, 0.3) is 12.2 Å². The van der Waals surface area contributed by atoms with Crippen molar-refractivity contribution in [2.24, 2.45) is 0 Å². The molecule has 3 rings (SSSR count). The van der Waals surface area contributed by atoms with E-state index in [2.05, 4.69) is 9.88 Å². The van der Waals surface area contributed by atoms with Crippen LogP contribution in [0, 0.1) is 17.0 Å². The van der Waals surface area contributed by atoms with E-state index in [9.17, 15) is 18.5 Å². The number of methoxy groups -OCH3 is 1. The molecule has 1 aromatic heterocycles. The number of sulfonamides is 1. The molecule has 0 radical (unpaired) electrons. The average molecular weight is 450 g/mol. The Hall–Kier alpha value is -3.37. The lowest BCUT2D eigenvalue weighted by molar-refractivity contribution is -0.386. The minimum absolute atomic E-state index is 0.00671. The molecule has 0 aliphatic carbocycles. The van der Waals surface area contributed by atoms with Crippen molar-refractivity contribution in [3.63, 3.8) is 0 Å². The van der Waals surface area contributed by atoms with Gasteiger partial charge in [0.2, 0.25) is 5.76 Å². The molecular formula is C19H16ClN3O6S. The standard InChI is InChI=1S/C19H16ClN3O6S/c1-12-19(23(24)25)18(29-21-12)9-5-13-3-7-15(8-4-13)30(26,27)22-14-6-10-17(28-2)16(20)11-14/h3-11,22H,1-2H3/b9-5+. The number of nitrogens with zero attached hydrogens (tertiary/aromatic N) is 2. The van der Waals surface area contributed by atoms with Crippen molar-refractivity contribution in [3.8, 4) is 5.75 Å². The number of anilines is 1. The van der Waals surface area contributed by atoms with Gasteiger partial charge in [-0.05, 0) is 48.9 Å². The summed E-state index contributed by atoms with van der Waals surface area (Å²) in [5, 5.41) is 14.9. The zero-order valence-electron chi connectivity index (χ0n) is 15.8. The summed E-state index contributed by atoms with van der Waals surface area (Å²) in [7, 11) is -2.38. The summed E-state index contributed by atoms with van der Waals surface area (Å²) in [6.45, 7) is 1.47. The summed E-state index contributed by atoms with van der Waals surface area (Å²) >= 11 is 6.02. The molecule has 0 unspecified atom stereocenters. The van der Waals surface area contributed by atoms with Gasteiger partial charge >= 0.3 is 5.69 Å². The summed E-state index contributed by atoms with van der Waals surface area (Å²) in [4.78, 5) is 10.5. The minimum atomic E-state index is -3.84. The van der Waals surface area contributed by atoms with Crippen LogP contribution < -0.4 is 9.46 Å². The normalized spacial score (nSPS) is 11.6. The smallest absolute Gasteiger partial charge is 0.338 e. The van der Waals surface area contributed by atoms with Gasteiger partial charge in [-0.2, -0.15) is 0 Å². The average Bonchev–Trinajstić information content (AvgIpc) is 3.07. The number of hydrogen-bond acceptors (Lipinski definition) is 7. The molecule has 0 atom stereocenters. The first-order valence-corrected chi connectivity index (χ1v) is 10.3. The molecule has 0 amide bonds. The molecule has 30 heavy (non-hydrogen) atoms. The Morgan fingerprint density at radius 3 is 2.50 bits per heavy atom. The Labute approximate surface area is 177 Å². The van der Waals surface area contributed by atoms with Crippen molar-refractivity contribution in [3.05, 3.63) is 74.6 Å². The second-order valence-electron chi connectivity index (χ2n) is 6.10. The Bertz CT molecular complexity index is 1220. The van der Waals surface area contributed by atoms with Crippen molar-refractivity contribution < 1.29 is 22.6 Å². The third kappa shape index (κ3) is 4.61. The molecular weight excluding hydrogens is 434 g/mol. The van der Waals surface area contributed by atoms with Crippen LogP contribution in [-0.2, 0) is 10.0 Å². The topological polar surface area (TPSA) is 125 Å². The molecule has 2 aromatic carbocycles. The fraction of sp³-hybridized carbons (Fsp3) is 0.105. The molecule has 3 aromatic rings. The Balaban J connectivity index is 1.78. The number of benzene rings is 2. The van der Waals surface area contributed by atoms with Gasteiger partial charge in [-0.15, -0.1) is 0 Å². The van der Waals surface area contributed by atoms with E-state index >= 15 is 0 Å². The van der Waals surface area contributed by atoms with Crippen LogP contribution in [0.4, 0.5) is 11.4 Å². The van der Waals surface area contributed by atoms with E-state index in [-0.39, 0.29) is 32.7 Å². The van der Waals surface area contributed by atoms with E-state index < -0.39 is 14.9 Å². The maximum Gasteiger partial charge on any atom is 0.338 e. The van der Waals surface area contributed by atoms with Gasteiger partial charge < -0.3 is 9.26 Å². The highest BCUT2D eigenvalue weighted by Gasteiger charge is 2.22. The van der Waals surface area contributed by atoms with Crippen LogP contribution in [0.1, 0.15) is 17.0 Å². The first-order valence-electron chi connectivity index (χ1n) is 8.46. The third-order valence-corrected chi connectivity index (χ3v) is 5.75. The lowest BCUT2D eigenvalue weighted by Crippen LogP contribution is -2.12. The van der Waals surface area contributed by atoms with Crippen molar-refractivity contribution in [1.29, 1.82) is 0 Å². The Kier molecular flexibility index (Phi) is 6.09. The van der Waals surface area contributed by atoms with E-state index in [4.69, 9.17) is 20.9 Å². The van der Waals surface area contributed by atoms with E-state index in [0.717, 1.165) is 0 Å². The highest BCUT2D eigenvalue weighted by molar-refractivity contribution is 7.92. The van der Waals surface area contributed by atoms with Crippen molar-refractivity contribution in [1.82, 2.24) is 5.16 Å². The predicted molar refractivity (Wildman–Crippen MR) is 112 cm³/mol. The number of hydrogen-bond donors (Lipinski definition) is 1. The number of nitrogens with one attached hydrogen (secondary N) is 1. The number of aryl methyl sites for hydroxylation is 1. The van der Waals surface area contributed by atoms with Crippen LogP contribution >= 0.6 is 11.6 Å². The van der Waals surface area contributed by atoms with Gasteiger partial charge in [0, 0.05) is 0 Å². The largest absolute Gasteiger partial charge is 0.495 e. The number of rotatable bonds is 7. The lowest BCUT2D eigenvalue weighted by Gasteiger charge is -2.10. The molecule has 0 spiro atoms. The van der Waals surface area contributed by atoms with Crippen LogP contribution in [0.15, 0.2) is 51.9 Å². The van der Waals surface area contributed by atoms with Crippen LogP contribution in [-0.4, -0.2) is 25.6 Å². The van der Waals surface area contributed by atoms with E-state index in [0.29, 0.717) is 11.3 Å². The fourth-order valence-corrected chi connectivity index (χ4v) is 3.90. The summed E-state index contributed by atoms with van der Waals surface area (Å²) in [6.07, 6.45) is 2.96. The molecule has 0 saturated carbocycles. The molecule has 11 heteroatoms. The monoisotopic (exact) mass is 449 g/mol. The van der Waals surface area contributed by atoms with Crippen molar-refractivity contribution in [2.75, 3.05) is 11.8 Å². The van der Waals surface area contributed by atoms with Gasteiger partial charge in [0.05, 0.1) is 27.6 Å². The summed E-state index contributed by atoms with van der Waals surface area (Å²) in [6, 6.07) is 10.5. The van der Waals surface area contributed by atoms with E-state index in [1.165, 1.54) is 44.4 Å². The zero-order chi connectivity index (χ0) is 21.9. The SMILES string of the molecule is COc1ccc(NS(=O)(=O)c2ccc(/C=C/c3onc(C)c3[N+](=O)[O-])cc2)cc1Cl. The molecule has 1 N–H and O–H groups in total. The third-order valence-electron chi connectivity index (χ3n) is 4.06. The summed E-state index contributed by atoms with van der Waals surface area (Å²) < 4.78 is 37.6. The molecule has 0 fully saturated rings. The zero-order valence-corrected chi connectivity index (χ0v) is 17.4. The highest BCUT2D eigenvalue weighted by Crippen LogP contribution is 2.29. The maximum absolute atomic E-state index is 12.6. The molecule has 0 bridgehead atoms. The molecule has 0 saturated heterocycles. The first kappa shape index (κ1) is 21.3. The molecule has 9 nitrogen and oxygen atoms in total. The molecule has 1 heterocycles. The predicted octanol–water partition coefficient (Wildman–Crippen LogP) is 4.52. The fourth-order valence-electron chi connectivity index (χ4n) is 2.59. The van der Waals surface area contributed by atoms with Crippen molar-refractivity contribution in [2.45, 2.75) is 11.8 Å². The minimum Gasteiger partial charge on any atom is -0.495 e.